The highest BCUT2D eigenvalue weighted by atomic mass is 35.5. The molecule has 32 heavy (non-hydrogen) atoms. The summed E-state index contributed by atoms with van der Waals surface area (Å²) < 4.78 is 33.1. The van der Waals surface area contributed by atoms with Gasteiger partial charge < -0.3 is 9.64 Å². The number of sulfonamides is 1. The van der Waals surface area contributed by atoms with Gasteiger partial charge in [0.05, 0.1) is 33.8 Å². The van der Waals surface area contributed by atoms with E-state index in [1.165, 1.54) is 24.3 Å². The number of hydrogen-bond donors (Lipinski definition) is 1. The van der Waals surface area contributed by atoms with Gasteiger partial charge in [-0.3, -0.25) is 14.5 Å². The molecular weight excluding hydrogens is 473 g/mol. The Balaban J connectivity index is 1.82. The number of methoxy groups -OCH3 is 1. The van der Waals surface area contributed by atoms with Crippen molar-refractivity contribution in [3.05, 3.63) is 88.2 Å². The van der Waals surface area contributed by atoms with Crippen LogP contribution < -0.4 is 4.72 Å². The van der Waals surface area contributed by atoms with Crippen LogP contribution in [-0.4, -0.2) is 44.5 Å². The van der Waals surface area contributed by atoms with Crippen molar-refractivity contribution in [3.8, 4) is 0 Å². The average molecular weight is 494 g/mol. The summed E-state index contributed by atoms with van der Waals surface area (Å²) in [5.74, 6) is -0.275. The fourth-order valence-electron chi connectivity index (χ4n) is 2.90. The second kappa shape index (κ2) is 10.8. The molecule has 2 aromatic carbocycles. The Morgan fingerprint density at radius 1 is 1.06 bits per heavy atom. The fraction of sp³-hybridized carbons (Fsp3) is 0.182. The molecule has 0 aliphatic heterocycles. The first-order chi connectivity index (χ1) is 15.3. The van der Waals surface area contributed by atoms with Gasteiger partial charge in [-0.1, -0.05) is 35.3 Å². The number of anilines is 1. The topological polar surface area (TPSA) is 88.6 Å². The standard InChI is InChI=1S/C22H21Cl2N3O4S/c1-31-12-11-27(15-18-6-2-3-10-25-18)22(28)16-5-4-7-17(13-16)26-32(29,30)19-8-9-20(23)21(24)14-19/h2-10,13-14,26H,11-12,15H2,1H3. The lowest BCUT2D eigenvalue weighted by molar-refractivity contribution is 0.0678. The first-order valence-electron chi connectivity index (χ1n) is 9.56. The smallest absolute Gasteiger partial charge is 0.261 e. The number of halogens is 2. The summed E-state index contributed by atoms with van der Waals surface area (Å²) in [5, 5.41) is 0.379. The number of ether oxygens (including phenoxy) is 1. The lowest BCUT2D eigenvalue weighted by Gasteiger charge is -2.22. The Bertz CT molecular complexity index is 1190. The zero-order valence-electron chi connectivity index (χ0n) is 17.2. The van der Waals surface area contributed by atoms with Gasteiger partial charge in [0, 0.05) is 31.1 Å². The molecular formula is C22H21Cl2N3O4S. The van der Waals surface area contributed by atoms with Crippen molar-refractivity contribution in [2.75, 3.05) is 25.0 Å². The van der Waals surface area contributed by atoms with E-state index in [1.807, 2.05) is 12.1 Å². The zero-order chi connectivity index (χ0) is 23.1. The normalized spacial score (nSPS) is 11.2. The van der Waals surface area contributed by atoms with Gasteiger partial charge in [0.1, 0.15) is 0 Å². The summed E-state index contributed by atoms with van der Waals surface area (Å²) in [6, 6.07) is 15.8. The van der Waals surface area contributed by atoms with Crippen LogP contribution in [0, 0.1) is 0 Å². The molecule has 0 fully saturated rings. The third kappa shape index (κ3) is 6.20. The maximum atomic E-state index is 13.2. The number of benzene rings is 2. The number of rotatable bonds is 9. The monoisotopic (exact) mass is 493 g/mol. The maximum absolute atomic E-state index is 13.2. The number of aromatic nitrogens is 1. The molecule has 0 aliphatic carbocycles. The van der Waals surface area contributed by atoms with Crippen LogP contribution in [0.15, 0.2) is 71.8 Å². The first-order valence-corrected chi connectivity index (χ1v) is 11.8. The first kappa shape index (κ1) is 24.0. The summed E-state index contributed by atoms with van der Waals surface area (Å²) in [6.07, 6.45) is 1.66. The van der Waals surface area contributed by atoms with Crippen LogP contribution in [0.1, 0.15) is 16.1 Å². The number of nitrogens with zero attached hydrogens (tertiary/aromatic N) is 2. The Morgan fingerprint density at radius 3 is 2.56 bits per heavy atom. The minimum absolute atomic E-state index is 0.0412. The van der Waals surface area contributed by atoms with Crippen LogP contribution in [0.4, 0.5) is 5.69 Å². The Labute approximate surface area is 197 Å². The van der Waals surface area contributed by atoms with Crippen LogP contribution in [0.2, 0.25) is 10.0 Å². The molecule has 0 radical (unpaired) electrons. The molecule has 0 unspecified atom stereocenters. The molecule has 3 aromatic rings. The molecule has 168 valence electrons. The third-order valence-electron chi connectivity index (χ3n) is 4.49. The van der Waals surface area contributed by atoms with E-state index in [0.29, 0.717) is 25.3 Å². The molecule has 0 saturated carbocycles. The highest BCUT2D eigenvalue weighted by Gasteiger charge is 2.19. The van der Waals surface area contributed by atoms with Gasteiger partial charge in [0.25, 0.3) is 15.9 Å². The predicted molar refractivity (Wildman–Crippen MR) is 125 cm³/mol. The van der Waals surface area contributed by atoms with Crippen molar-refractivity contribution in [1.82, 2.24) is 9.88 Å². The van der Waals surface area contributed by atoms with Gasteiger partial charge >= 0.3 is 0 Å². The molecule has 0 bridgehead atoms. The highest BCUT2D eigenvalue weighted by Crippen LogP contribution is 2.26. The van der Waals surface area contributed by atoms with Crippen LogP contribution in [0.25, 0.3) is 0 Å². The number of amides is 1. The van der Waals surface area contributed by atoms with Crippen molar-refractivity contribution in [1.29, 1.82) is 0 Å². The predicted octanol–water partition coefficient (Wildman–Crippen LogP) is 4.48. The number of pyridine rings is 1. The maximum Gasteiger partial charge on any atom is 0.261 e. The number of carbonyl (C=O) groups is 1. The molecule has 1 amide bonds. The summed E-state index contributed by atoms with van der Waals surface area (Å²) in [6.45, 7) is 0.996. The third-order valence-corrected chi connectivity index (χ3v) is 6.61. The minimum atomic E-state index is -3.93. The fourth-order valence-corrected chi connectivity index (χ4v) is 4.34. The summed E-state index contributed by atoms with van der Waals surface area (Å²) in [7, 11) is -2.37. The van der Waals surface area contributed by atoms with Crippen LogP contribution in [0.3, 0.4) is 0 Å². The van der Waals surface area contributed by atoms with E-state index >= 15 is 0 Å². The van der Waals surface area contributed by atoms with Gasteiger partial charge in [-0.25, -0.2) is 8.42 Å². The van der Waals surface area contributed by atoms with Gasteiger partial charge in [-0.2, -0.15) is 0 Å². The van der Waals surface area contributed by atoms with E-state index in [2.05, 4.69) is 9.71 Å². The van der Waals surface area contributed by atoms with Gasteiger partial charge in [-0.15, -0.1) is 0 Å². The lowest BCUT2D eigenvalue weighted by Crippen LogP contribution is -2.33. The van der Waals surface area contributed by atoms with Crippen LogP contribution in [0.5, 0.6) is 0 Å². The van der Waals surface area contributed by atoms with Crippen molar-refractivity contribution in [3.63, 3.8) is 0 Å². The van der Waals surface area contributed by atoms with Crippen molar-refractivity contribution in [2.45, 2.75) is 11.4 Å². The molecule has 7 nitrogen and oxygen atoms in total. The quantitative estimate of drug-likeness (QED) is 0.474. The number of carbonyl (C=O) groups excluding carboxylic acids is 1. The highest BCUT2D eigenvalue weighted by molar-refractivity contribution is 7.92. The average Bonchev–Trinajstić information content (AvgIpc) is 2.78. The van der Waals surface area contributed by atoms with Crippen molar-refractivity contribution >= 4 is 44.8 Å². The summed E-state index contributed by atoms with van der Waals surface area (Å²) in [4.78, 5) is 19.0. The number of hydrogen-bond acceptors (Lipinski definition) is 5. The second-order valence-electron chi connectivity index (χ2n) is 6.80. The second-order valence-corrected chi connectivity index (χ2v) is 9.30. The molecule has 0 spiro atoms. The van der Waals surface area contributed by atoms with E-state index in [9.17, 15) is 13.2 Å². The van der Waals surface area contributed by atoms with Crippen molar-refractivity contribution < 1.29 is 17.9 Å². The van der Waals surface area contributed by atoms with E-state index in [-0.39, 0.29) is 26.5 Å². The molecule has 0 aliphatic rings. The lowest BCUT2D eigenvalue weighted by atomic mass is 10.1. The van der Waals surface area contributed by atoms with Gasteiger partial charge in [0.2, 0.25) is 0 Å². The molecule has 0 saturated heterocycles. The number of nitrogens with one attached hydrogen (secondary N) is 1. The Hall–Kier alpha value is -2.65. The molecule has 3 rings (SSSR count). The SMILES string of the molecule is COCCN(Cc1ccccn1)C(=O)c1cccc(NS(=O)(=O)c2ccc(Cl)c(Cl)c2)c1. The summed E-state index contributed by atoms with van der Waals surface area (Å²) in [5.41, 5.74) is 1.30. The van der Waals surface area contributed by atoms with Crippen LogP contribution >= 0.6 is 23.2 Å². The molecule has 0 atom stereocenters. The van der Waals surface area contributed by atoms with Crippen LogP contribution in [-0.2, 0) is 21.3 Å². The molecule has 1 N–H and O–H groups in total. The Kier molecular flexibility index (Phi) is 8.09. The van der Waals surface area contributed by atoms with E-state index in [1.54, 1.807) is 42.5 Å². The largest absolute Gasteiger partial charge is 0.383 e. The molecule has 1 aromatic heterocycles. The van der Waals surface area contributed by atoms with Gasteiger partial charge in [-0.05, 0) is 48.5 Å². The minimum Gasteiger partial charge on any atom is -0.383 e. The van der Waals surface area contributed by atoms with Crippen molar-refractivity contribution in [2.24, 2.45) is 0 Å². The zero-order valence-corrected chi connectivity index (χ0v) is 19.5. The van der Waals surface area contributed by atoms with E-state index < -0.39 is 10.0 Å². The van der Waals surface area contributed by atoms with Gasteiger partial charge in [0.15, 0.2) is 0 Å². The molecule has 1 heterocycles. The summed E-state index contributed by atoms with van der Waals surface area (Å²) >= 11 is 11.8. The van der Waals surface area contributed by atoms with E-state index in [4.69, 9.17) is 27.9 Å². The molecule has 10 heteroatoms. The Morgan fingerprint density at radius 2 is 1.88 bits per heavy atom. The van der Waals surface area contributed by atoms with E-state index in [0.717, 1.165) is 5.69 Å².